The van der Waals surface area contributed by atoms with Gasteiger partial charge in [-0.1, -0.05) is 44.2 Å². The summed E-state index contributed by atoms with van der Waals surface area (Å²) in [5.41, 5.74) is 0.532. The Balaban J connectivity index is 1.86. The van der Waals surface area contributed by atoms with Crippen LogP contribution in [0.3, 0.4) is 0 Å². The minimum atomic E-state index is -4.76. The highest BCUT2D eigenvalue weighted by Crippen LogP contribution is 2.38. The van der Waals surface area contributed by atoms with Gasteiger partial charge in [-0.15, -0.1) is 0 Å². The number of carboxylic acids is 1. The number of carbonyl (C=O) groups is 1. The van der Waals surface area contributed by atoms with E-state index in [1.54, 1.807) is 12.1 Å². The Bertz CT molecular complexity index is 658. The predicted molar refractivity (Wildman–Crippen MR) is 82.8 cm³/mol. The first-order valence-corrected chi connectivity index (χ1v) is 8.16. The topological polar surface area (TPSA) is 46.5 Å². The summed E-state index contributed by atoms with van der Waals surface area (Å²) in [6.45, 7) is 0. The second-order valence-electron chi connectivity index (χ2n) is 6.52. The summed E-state index contributed by atoms with van der Waals surface area (Å²) < 4.78 is 44.3. The van der Waals surface area contributed by atoms with Crippen LogP contribution in [-0.4, -0.2) is 23.4 Å². The van der Waals surface area contributed by atoms with E-state index in [1.807, 2.05) is 6.07 Å². The fourth-order valence-corrected chi connectivity index (χ4v) is 3.50. The summed E-state index contributed by atoms with van der Waals surface area (Å²) in [4.78, 5) is 11.1. The van der Waals surface area contributed by atoms with Gasteiger partial charge in [0.05, 0.1) is 5.57 Å². The zero-order valence-corrected chi connectivity index (χ0v) is 13.1. The number of halogens is 3. The number of hydrogen-bond acceptors (Lipinski definition) is 2. The van der Waals surface area contributed by atoms with E-state index < -0.39 is 23.8 Å². The summed E-state index contributed by atoms with van der Waals surface area (Å²) in [5.74, 6) is -0.950. The Kier molecular flexibility index (Phi) is 4.56. The highest BCUT2D eigenvalue weighted by Gasteiger charge is 2.48. The van der Waals surface area contributed by atoms with E-state index in [1.165, 1.54) is 19.3 Å². The van der Waals surface area contributed by atoms with Crippen molar-refractivity contribution in [1.82, 2.24) is 0 Å². The molecule has 0 aromatic heterocycles. The molecule has 130 valence electrons. The van der Waals surface area contributed by atoms with Gasteiger partial charge in [0, 0.05) is 5.56 Å². The molecule has 1 N–H and O–H groups in total. The summed E-state index contributed by atoms with van der Waals surface area (Å²) in [7, 11) is 0. The number of carboxylic acid groups (broad SMARTS) is 1. The van der Waals surface area contributed by atoms with Crippen molar-refractivity contribution in [2.75, 3.05) is 0 Å². The van der Waals surface area contributed by atoms with Gasteiger partial charge in [0.15, 0.2) is 0 Å². The average molecular weight is 340 g/mol. The van der Waals surface area contributed by atoms with Gasteiger partial charge in [-0.05, 0) is 30.0 Å². The third-order valence-corrected chi connectivity index (χ3v) is 4.71. The van der Waals surface area contributed by atoms with E-state index in [2.05, 4.69) is 0 Å². The van der Waals surface area contributed by atoms with Crippen molar-refractivity contribution in [3.8, 4) is 5.75 Å². The lowest BCUT2D eigenvalue weighted by atomic mass is 9.84. The fourth-order valence-electron chi connectivity index (χ4n) is 3.50. The molecule has 24 heavy (non-hydrogen) atoms. The van der Waals surface area contributed by atoms with Crippen molar-refractivity contribution < 1.29 is 27.8 Å². The highest BCUT2D eigenvalue weighted by molar-refractivity contribution is 5.95. The van der Waals surface area contributed by atoms with Crippen LogP contribution in [0.5, 0.6) is 5.75 Å². The second-order valence-corrected chi connectivity index (χ2v) is 6.52. The summed E-state index contributed by atoms with van der Waals surface area (Å²) in [6, 6.07) is 5.11. The Hall–Kier alpha value is -1.98. The molecule has 1 atom stereocenters. The van der Waals surface area contributed by atoms with E-state index >= 15 is 0 Å². The van der Waals surface area contributed by atoms with Crippen molar-refractivity contribution >= 4 is 12.0 Å². The number of fused-ring (bicyclic) bond motifs is 1. The Morgan fingerprint density at radius 2 is 1.92 bits per heavy atom. The molecule has 0 spiro atoms. The molecule has 1 heterocycles. The van der Waals surface area contributed by atoms with E-state index in [9.17, 15) is 18.0 Å². The standard InChI is InChI=1S/C18H19F3O3/c19-18(20,21)16-14(17(22)23)10-13-7-6-12(9-15(13)24-16)8-11-4-2-1-3-5-11/h6-7,9-11,16H,1-5,8H2,(H,22,23). The molecule has 2 aliphatic rings. The molecule has 1 aliphatic heterocycles. The van der Waals surface area contributed by atoms with E-state index in [4.69, 9.17) is 9.84 Å². The number of ether oxygens (including phenoxy) is 1. The Morgan fingerprint density at radius 3 is 2.54 bits per heavy atom. The van der Waals surface area contributed by atoms with Crippen LogP contribution in [0.1, 0.15) is 43.2 Å². The Labute approximate surface area is 138 Å². The monoisotopic (exact) mass is 340 g/mol. The van der Waals surface area contributed by atoms with Crippen LogP contribution in [0.25, 0.3) is 6.08 Å². The lowest BCUT2D eigenvalue weighted by molar-refractivity contribution is -0.187. The van der Waals surface area contributed by atoms with Gasteiger partial charge < -0.3 is 9.84 Å². The first kappa shape index (κ1) is 16.9. The molecule has 1 fully saturated rings. The molecule has 1 unspecified atom stereocenters. The van der Waals surface area contributed by atoms with E-state index in [0.717, 1.165) is 30.9 Å². The molecule has 1 saturated carbocycles. The molecule has 3 rings (SSSR count). The average Bonchev–Trinajstić information content (AvgIpc) is 2.53. The molecule has 1 aliphatic carbocycles. The fraction of sp³-hybridized carbons (Fsp3) is 0.500. The zero-order chi connectivity index (χ0) is 17.3. The van der Waals surface area contributed by atoms with Gasteiger partial charge in [0.1, 0.15) is 5.75 Å². The van der Waals surface area contributed by atoms with E-state index in [-0.39, 0.29) is 5.75 Å². The number of rotatable bonds is 3. The van der Waals surface area contributed by atoms with Crippen molar-refractivity contribution in [1.29, 1.82) is 0 Å². The van der Waals surface area contributed by atoms with Gasteiger partial charge in [-0.25, -0.2) is 4.79 Å². The van der Waals surface area contributed by atoms with Gasteiger partial charge in [0.2, 0.25) is 6.10 Å². The molecule has 0 bridgehead atoms. The minimum absolute atomic E-state index is 0.107. The molecule has 0 saturated heterocycles. The van der Waals surface area contributed by atoms with Crippen LogP contribution in [0.2, 0.25) is 0 Å². The molecule has 1 aromatic rings. The molecule has 1 aromatic carbocycles. The predicted octanol–water partition coefficient (Wildman–Crippen LogP) is 4.60. The summed E-state index contributed by atoms with van der Waals surface area (Å²) in [5, 5.41) is 9.02. The molecule has 0 radical (unpaired) electrons. The molecule has 6 heteroatoms. The third kappa shape index (κ3) is 3.57. The number of aliphatic carboxylic acids is 1. The first-order valence-electron chi connectivity index (χ1n) is 8.16. The van der Waals surface area contributed by atoms with Gasteiger partial charge in [-0.2, -0.15) is 13.2 Å². The van der Waals surface area contributed by atoms with Crippen LogP contribution >= 0.6 is 0 Å². The van der Waals surface area contributed by atoms with Crippen molar-refractivity contribution in [2.24, 2.45) is 5.92 Å². The second kappa shape index (κ2) is 6.49. The lowest BCUT2D eigenvalue weighted by Gasteiger charge is -2.28. The van der Waals surface area contributed by atoms with Crippen LogP contribution in [-0.2, 0) is 11.2 Å². The van der Waals surface area contributed by atoms with Gasteiger partial charge in [-0.3, -0.25) is 0 Å². The maximum Gasteiger partial charge on any atom is 0.430 e. The molecular formula is C18H19F3O3. The number of alkyl halides is 3. The molecule has 3 nitrogen and oxygen atoms in total. The zero-order valence-electron chi connectivity index (χ0n) is 13.1. The molecule has 0 amide bonds. The van der Waals surface area contributed by atoms with Crippen LogP contribution in [0, 0.1) is 5.92 Å². The molecular weight excluding hydrogens is 321 g/mol. The van der Waals surface area contributed by atoms with E-state index in [0.29, 0.717) is 11.5 Å². The Morgan fingerprint density at radius 1 is 1.21 bits per heavy atom. The lowest BCUT2D eigenvalue weighted by Crippen LogP contribution is -2.40. The maximum atomic E-state index is 13.1. The summed E-state index contributed by atoms with van der Waals surface area (Å²) in [6.07, 6.45) is 0.638. The summed E-state index contributed by atoms with van der Waals surface area (Å²) >= 11 is 0. The van der Waals surface area contributed by atoms with Crippen LogP contribution in [0.4, 0.5) is 13.2 Å². The van der Waals surface area contributed by atoms with Crippen molar-refractivity contribution in [2.45, 2.75) is 50.8 Å². The van der Waals surface area contributed by atoms with Gasteiger partial charge >= 0.3 is 12.1 Å². The largest absolute Gasteiger partial charge is 0.478 e. The smallest absolute Gasteiger partial charge is 0.430 e. The van der Waals surface area contributed by atoms with Crippen molar-refractivity contribution in [3.63, 3.8) is 0 Å². The maximum absolute atomic E-state index is 13.1. The van der Waals surface area contributed by atoms with Gasteiger partial charge in [0.25, 0.3) is 0 Å². The third-order valence-electron chi connectivity index (χ3n) is 4.71. The highest BCUT2D eigenvalue weighted by atomic mass is 19.4. The first-order chi connectivity index (χ1) is 11.3. The number of benzene rings is 1. The van der Waals surface area contributed by atoms with Crippen LogP contribution < -0.4 is 4.74 Å². The minimum Gasteiger partial charge on any atom is -0.478 e. The van der Waals surface area contributed by atoms with Crippen molar-refractivity contribution in [3.05, 3.63) is 34.9 Å². The quantitative estimate of drug-likeness (QED) is 0.875. The normalized spacial score (nSPS) is 21.6. The number of hydrogen-bond donors (Lipinski definition) is 1. The SMILES string of the molecule is O=C(O)C1=Cc2ccc(CC3CCCCC3)cc2OC1C(F)(F)F. The van der Waals surface area contributed by atoms with Crippen LogP contribution in [0.15, 0.2) is 23.8 Å².